The van der Waals surface area contributed by atoms with Crippen molar-refractivity contribution >= 4 is 0 Å². The molecule has 0 aliphatic rings. The lowest BCUT2D eigenvalue weighted by molar-refractivity contribution is 0.146. The maximum absolute atomic E-state index is 11.5. The molecule has 0 heterocycles. The molecule has 0 aliphatic heterocycles. The Bertz CT molecular complexity index is 91.6. The van der Waals surface area contributed by atoms with Gasteiger partial charge in [-0.25, -0.2) is 8.78 Å². The fourth-order valence-corrected chi connectivity index (χ4v) is 0.563. The van der Waals surface area contributed by atoms with E-state index in [0.29, 0.717) is 6.54 Å². The molecular weight excluding hydrogens is 136 g/mol. The van der Waals surface area contributed by atoms with Gasteiger partial charge in [0.1, 0.15) is 0 Å². The fourth-order valence-electron chi connectivity index (χ4n) is 0.563. The molecule has 0 aromatic carbocycles. The molecule has 0 atom stereocenters. The molecule has 10 heavy (non-hydrogen) atoms. The maximum atomic E-state index is 11.5. The minimum Gasteiger partial charge on any atom is -0.311 e. The van der Waals surface area contributed by atoms with E-state index in [1.807, 2.05) is 19.1 Å². The Morgan fingerprint density at radius 3 is 2.70 bits per heavy atom. The van der Waals surface area contributed by atoms with Gasteiger partial charge in [0.25, 0.3) is 6.43 Å². The number of nitrogens with one attached hydrogen (secondary N) is 1. The van der Waals surface area contributed by atoms with Crippen molar-refractivity contribution < 1.29 is 8.78 Å². The molecule has 0 fully saturated rings. The predicted octanol–water partition coefficient (Wildman–Crippen LogP) is 1.81. The summed E-state index contributed by atoms with van der Waals surface area (Å²) >= 11 is 0. The van der Waals surface area contributed by atoms with Crippen molar-refractivity contribution in [2.75, 3.05) is 13.1 Å². The third-order valence-corrected chi connectivity index (χ3v) is 1.02. The molecule has 0 aliphatic carbocycles. The van der Waals surface area contributed by atoms with Gasteiger partial charge in [-0.1, -0.05) is 12.2 Å². The Hall–Kier alpha value is -0.440. The van der Waals surface area contributed by atoms with Crippen molar-refractivity contribution in [3.63, 3.8) is 0 Å². The first-order chi connectivity index (χ1) is 4.77. The van der Waals surface area contributed by atoms with E-state index in [0.717, 1.165) is 6.42 Å². The van der Waals surface area contributed by atoms with Crippen LogP contribution in [0.4, 0.5) is 8.78 Å². The van der Waals surface area contributed by atoms with Crippen molar-refractivity contribution in [2.24, 2.45) is 0 Å². The number of hydrogen-bond acceptors (Lipinski definition) is 1. The van der Waals surface area contributed by atoms with E-state index < -0.39 is 6.43 Å². The van der Waals surface area contributed by atoms with Crippen LogP contribution in [0.5, 0.6) is 0 Å². The normalized spacial score (nSPS) is 11.6. The van der Waals surface area contributed by atoms with Gasteiger partial charge in [-0.3, -0.25) is 0 Å². The van der Waals surface area contributed by atoms with Gasteiger partial charge in [-0.15, -0.1) is 0 Å². The zero-order valence-corrected chi connectivity index (χ0v) is 6.11. The highest BCUT2D eigenvalue weighted by atomic mass is 19.3. The van der Waals surface area contributed by atoms with Gasteiger partial charge >= 0.3 is 0 Å². The minimum atomic E-state index is -2.23. The van der Waals surface area contributed by atoms with Gasteiger partial charge < -0.3 is 5.32 Å². The summed E-state index contributed by atoms with van der Waals surface area (Å²) in [4.78, 5) is 0. The summed E-state index contributed by atoms with van der Waals surface area (Å²) in [6.45, 7) is 2.35. The molecule has 0 saturated carbocycles. The fraction of sp³-hybridized carbons (Fsp3) is 0.714. The SMILES string of the molecule is C/C=C/CCNCC(F)F. The van der Waals surface area contributed by atoms with Crippen molar-refractivity contribution in [3.8, 4) is 0 Å². The molecule has 0 spiro atoms. The van der Waals surface area contributed by atoms with Gasteiger partial charge in [-0.2, -0.15) is 0 Å². The van der Waals surface area contributed by atoms with Crippen LogP contribution >= 0.6 is 0 Å². The van der Waals surface area contributed by atoms with Crippen LogP contribution in [0.2, 0.25) is 0 Å². The van der Waals surface area contributed by atoms with Crippen LogP contribution in [0, 0.1) is 0 Å². The molecular formula is C7H13F2N. The summed E-state index contributed by atoms with van der Waals surface area (Å²) in [5.74, 6) is 0. The average molecular weight is 149 g/mol. The largest absolute Gasteiger partial charge is 0.311 e. The molecule has 0 aromatic rings. The summed E-state index contributed by atoms with van der Waals surface area (Å²) in [6.07, 6.45) is 2.44. The summed E-state index contributed by atoms with van der Waals surface area (Å²) in [5.41, 5.74) is 0. The molecule has 0 saturated heterocycles. The molecule has 0 bridgehead atoms. The first-order valence-electron chi connectivity index (χ1n) is 3.37. The second kappa shape index (κ2) is 6.68. The van der Waals surface area contributed by atoms with Crippen molar-refractivity contribution in [2.45, 2.75) is 19.8 Å². The van der Waals surface area contributed by atoms with E-state index >= 15 is 0 Å². The maximum Gasteiger partial charge on any atom is 0.250 e. The van der Waals surface area contributed by atoms with Crippen LogP contribution in [-0.2, 0) is 0 Å². The quantitative estimate of drug-likeness (QED) is 0.464. The third kappa shape index (κ3) is 7.56. The number of halogens is 2. The monoisotopic (exact) mass is 149 g/mol. The van der Waals surface area contributed by atoms with Crippen molar-refractivity contribution in [1.82, 2.24) is 5.32 Å². The third-order valence-electron chi connectivity index (χ3n) is 1.02. The van der Waals surface area contributed by atoms with E-state index in [4.69, 9.17) is 0 Å². The van der Waals surface area contributed by atoms with Crippen molar-refractivity contribution in [3.05, 3.63) is 12.2 Å². The summed E-state index contributed by atoms with van der Waals surface area (Å²) in [5, 5.41) is 2.62. The van der Waals surface area contributed by atoms with Crippen LogP contribution in [0.1, 0.15) is 13.3 Å². The zero-order chi connectivity index (χ0) is 7.82. The summed E-state index contributed by atoms with van der Waals surface area (Å²) in [6, 6.07) is 0. The smallest absolute Gasteiger partial charge is 0.250 e. The number of alkyl halides is 2. The molecule has 0 amide bonds. The molecule has 1 nitrogen and oxygen atoms in total. The van der Waals surface area contributed by atoms with Gasteiger partial charge in [-0.05, 0) is 19.9 Å². The molecule has 3 heteroatoms. The number of allylic oxidation sites excluding steroid dienone is 1. The molecule has 0 aromatic heterocycles. The predicted molar refractivity (Wildman–Crippen MR) is 38.3 cm³/mol. The zero-order valence-electron chi connectivity index (χ0n) is 6.11. The van der Waals surface area contributed by atoms with Crippen LogP contribution in [0.15, 0.2) is 12.2 Å². The Balaban J connectivity index is 2.91. The van der Waals surface area contributed by atoms with Gasteiger partial charge in [0, 0.05) is 0 Å². The van der Waals surface area contributed by atoms with Crippen molar-refractivity contribution in [1.29, 1.82) is 0 Å². The lowest BCUT2D eigenvalue weighted by Gasteiger charge is -1.99. The summed E-state index contributed by atoms with van der Waals surface area (Å²) in [7, 11) is 0. The molecule has 0 unspecified atom stereocenters. The number of hydrogen-bond donors (Lipinski definition) is 1. The average Bonchev–Trinajstić information content (AvgIpc) is 1.87. The highest BCUT2D eigenvalue weighted by Gasteiger charge is 1.98. The molecule has 1 N–H and O–H groups in total. The Morgan fingerprint density at radius 2 is 2.20 bits per heavy atom. The van der Waals surface area contributed by atoms with Gasteiger partial charge in [0.05, 0.1) is 6.54 Å². The van der Waals surface area contributed by atoms with E-state index in [9.17, 15) is 8.78 Å². The Kier molecular flexibility index (Phi) is 6.38. The second-order valence-electron chi connectivity index (χ2n) is 1.95. The first-order valence-corrected chi connectivity index (χ1v) is 3.37. The van der Waals surface area contributed by atoms with Crippen LogP contribution in [0.25, 0.3) is 0 Å². The van der Waals surface area contributed by atoms with E-state index in [-0.39, 0.29) is 6.54 Å². The van der Waals surface area contributed by atoms with E-state index in [2.05, 4.69) is 5.32 Å². The second-order valence-corrected chi connectivity index (χ2v) is 1.95. The van der Waals surface area contributed by atoms with Gasteiger partial charge in [0.15, 0.2) is 0 Å². The highest BCUT2D eigenvalue weighted by Crippen LogP contribution is 1.87. The number of rotatable bonds is 5. The summed E-state index contributed by atoms with van der Waals surface area (Å²) < 4.78 is 22.9. The lowest BCUT2D eigenvalue weighted by atomic mass is 10.4. The van der Waals surface area contributed by atoms with Crippen LogP contribution in [-0.4, -0.2) is 19.5 Å². The first kappa shape index (κ1) is 9.56. The molecule has 0 rings (SSSR count). The Morgan fingerprint density at radius 1 is 1.50 bits per heavy atom. The molecule has 0 radical (unpaired) electrons. The van der Waals surface area contributed by atoms with Crippen LogP contribution in [0.3, 0.4) is 0 Å². The van der Waals surface area contributed by atoms with E-state index in [1.165, 1.54) is 0 Å². The highest BCUT2D eigenvalue weighted by molar-refractivity contribution is 4.77. The van der Waals surface area contributed by atoms with E-state index in [1.54, 1.807) is 0 Å². The molecule has 60 valence electrons. The van der Waals surface area contributed by atoms with Crippen LogP contribution < -0.4 is 5.32 Å². The standard InChI is InChI=1S/C7H13F2N/c1-2-3-4-5-10-6-7(8)9/h2-3,7,10H,4-6H2,1H3/b3-2+. The Labute approximate surface area is 60.1 Å². The minimum absolute atomic E-state index is 0.197. The lowest BCUT2D eigenvalue weighted by Crippen LogP contribution is -2.21. The topological polar surface area (TPSA) is 12.0 Å². The van der Waals surface area contributed by atoms with Gasteiger partial charge in [0.2, 0.25) is 0 Å².